The highest BCUT2D eigenvalue weighted by Gasteiger charge is 2.34. The van der Waals surface area contributed by atoms with Gasteiger partial charge in [-0.15, -0.1) is 0 Å². The number of likely N-dealkylation sites (tertiary alicyclic amines) is 1. The van der Waals surface area contributed by atoms with Crippen LogP contribution in [0, 0.1) is 6.92 Å². The third-order valence-electron chi connectivity index (χ3n) is 5.80. The molecule has 2 heterocycles. The number of hydrogen-bond donors (Lipinski definition) is 1. The van der Waals surface area contributed by atoms with E-state index in [9.17, 15) is 4.79 Å². The van der Waals surface area contributed by atoms with Crippen molar-refractivity contribution in [3.63, 3.8) is 0 Å². The maximum Gasteiger partial charge on any atom is 0.318 e. The quantitative estimate of drug-likeness (QED) is 0.790. The van der Waals surface area contributed by atoms with E-state index in [1.165, 1.54) is 19.3 Å². The Kier molecular flexibility index (Phi) is 6.32. The zero-order valence-electron chi connectivity index (χ0n) is 17.1. The number of carbonyl (C=O) groups excluding carboxylic acids is 1. The molecule has 1 N–H and O–H groups in total. The van der Waals surface area contributed by atoms with Crippen LogP contribution >= 0.6 is 0 Å². The second-order valence-electron chi connectivity index (χ2n) is 8.10. The third kappa shape index (κ3) is 5.08. The average molecular weight is 399 g/mol. The van der Waals surface area contributed by atoms with E-state index in [2.05, 4.69) is 15.5 Å². The number of urea groups is 1. The summed E-state index contributed by atoms with van der Waals surface area (Å²) < 4.78 is 11.3. The average Bonchev–Trinajstić information content (AvgIpc) is 3.38. The molecule has 2 aliphatic rings. The van der Waals surface area contributed by atoms with Gasteiger partial charge in [-0.25, -0.2) is 4.79 Å². The van der Waals surface area contributed by atoms with E-state index in [1.54, 1.807) is 0 Å². The van der Waals surface area contributed by atoms with E-state index >= 15 is 0 Å². The first kappa shape index (κ1) is 19.7. The number of amides is 2. The minimum Gasteiger partial charge on any atom is -0.493 e. The normalized spacial score (nSPS) is 20.0. The Morgan fingerprint density at radius 3 is 2.93 bits per heavy atom. The summed E-state index contributed by atoms with van der Waals surface area (Å²) >= 11 is 0. The first-order valence-corrected chi connectivity index (χ1v) is 10.8. The van der Waals surface area contributed by atoms with Crippen LogP contribution in [0.2, 0.25) is 0 Å². The van der Waals surface area contributed by atoms with Gasteiger partial charge in [0.25, 0.3) is 0 Å². The van der Waals surface area contributed by atoms with Gasteiger partial charge in [0, 0.05) is 19.0 Å². The van der Waals surface area contributed by atoms with Crippen molar-refractivity contribution >= 4 is 6.03 Å². The molecule has 2 aromatic rings. The zero-order chi connectivity index (χ0) is 20.1. The number of nitrogens with one attached hydrogen (secondary N) is 1. The molecule has 1 aliphatic carbocycles. The minimum atomic E-state index is -0.127. The van der Waals surface area contributed by atoms with Gasteiger partial charge in [0.15, 0.2) is 5.82 Å². The van der Waals surface area contributed by atoms with Crippen LogP contribution in [0.4, 0.5) is 4.79 Å². The lowest BCUT2D eigenvalue weighted by atomic mass is 9.96. The summed E-state index contributed by atoms with van der Waals surface area (Å²) in [5.74, 6) is 1.99. The number of nitrogens with zero attached hydrogens (tertiary/aromatic N) is 3. The summed E-state index contributed by atoms with van der Waals surface area (Å²) in [6.45, 7) is 3.26. The van der Waals surface area contributed by atoms with Crippen LogP contribution in [0.15, 0.2) is 28.8 Å². The molecule has 1 unspecified atom stereocenters. The Morgan fingerprint density at radius 1 is 1.24 bits per heavy atom. The van der Waals surface area contributed by atoms with E-state index in [0.717, 1.165) is 43.5 Å². The molecule has 7 nitrogen and oxygen atoms in total. The molecule has 4 rings (SSSR count). The van der Waals surface area contributed by atoms with Gasteiger partial charge in [-0.2, -0.15) is 4.98 Å². The Bertz CT molecular complexity index is 816. The van der Waals surface area contributed by atoms with E-state index in [-0.39, 0.29) is 12.1 Å². The summed E-state index contributed by atoms with van der Waals surface area (Å²) in [6.07, 6.45) is 8.22. The monoisotopic (exact) mass is 398 g/mol. The van der Waals surface area contributed by atoms with Crippen LogP contribution in [-0.4, -0.2) is 40.3 Å². The molecule has 0 spiro atoms. The van der Waals surface area contributed by atoms with Crippen molar-refractivity contribution in [3.05, 3.63) is 41.5 Å². The van der Waals surface area contributed by atoms with Crippen LogP contribution in [0.3, 0.4) is 0 Å². The summed E-state index contributed by atoms with van der Waals surface area (Å²) in [5, 5.41) is 7.30. The largest absolute Gasteiger partial charge is 0.493 e. The van der Waals surface area contributed by atoms with Gasteiger partial charge in [0.1, 0.15) is 11.8 Å². The number of benzene rings is 1. The lowest BCUT2D eigenvalue weighted by Crippen LogP contribution is -2.45. The van der Waals surface area contributed by atoms with Crippen molar-refractivity contribution in [3.8, 4) is 5.75 Å². The van der Waals surface area contributed by atoms with Gasteiger partial charge in [-0.3, -0.25) is 0 Å². The molecular formula is C22H30N4O3. The molecular weight excluding hydrogens is 368 g/mol. The first-order chi connectivity index (χ1) is 14.2. The minimum absolute atomic E-state index is 0.00179. The topological polar surface area (TPSA) is 80.5 Å². The highest BCUT2D eigenvalue weighted by molar-refractivity contribution is 5.75. The van der Waals surface area contributed by atoms with Crippen LogP contribution in [0.5, 0.6) is 5.75 Å². The third-order valence-corrected chi connectivity index (χ3v) is 5.80. The molecule has 0 radical (unpaired) electrons. The molecule has 0 bridgehead atoms. The van der Waals surface area contributed by atoms with Crippen molar-refractivity contribution in [1.82, 2.24) is 20.4 Å². The smallest absolute Gasteiger partial charge is 0.318 e. The fourth-order valence-electron chi connectivity index (χ4n) is 4.24. The summed E-state index contributed by atoms with van der Waals surface area (Å²) in [7, 11) is 0. The molecule has 2 fully saturated rings. The second-order valence-corrected chi connectivity index (χ2v) is 8.10. The summed E-state index contributed by atoms with van der Waals surface area (Å²) in [6, 6.07) is 8.13. The van der Waals surface area contributed by atoms with E-state index in [0.29, 0.717) is 30.8 Å². The predicted molar refractivity (Wildman–Crippen MR) is 109 cm³/mol. The van der Waals surface area contributed by atoms with Gasteiger partial charge in [0.2, 0.25) is 5.89 Å². The highest BCUT2D eigenvalue weighted by atomic mass is 16.5. The van der Waals surface area contributed by atoms with Crippen molar-refractivity contribution in [2.75, 3.05) is 13.2 Å². The van der Waals surface area contributed by atoms with Crippen molar-refractivity contribution < 1.29 is 14.1 Å². The van der Waals surface area contributed by atoms with Crippen LogP contribution in [-0.2, 0) is 6.42 Å². The molecule has 1 saturated heterocycles. The maximum atomic E-state index is 12.8. The van der Waals surface area contributed by atoms with Crippen LogP contribution in [0.25, 0.3) is 0 Å². The standard InChI is InChI=1S/C22H30N4O3/c1-16-7-5-10-18(15-16)28-14-12-20-24-21(29-25-20)19-11-6-13-26(19)22(27)23-17-8-3-2-4-9-17/h5,7,10,15,17,19H,2-4,6,8-9,11-14H2,1H3,(H,23,27). The van der Waals surface area contributed by atoms with Crippen molar-refractivity contribution in [2.45, 2.75) is 70.4 Å². The molecule has 1 aliphatic heterocycles. The maximum absolute atomic E-state index is 12.8. The Morgan fingerprint density at radius 2 is 2.10 bits per heavy atom. The Labute approximate surface area is 171 Å². The number of hydrogen-bond acceptors (Lipinski definition) is 5. The molecule has 29 heavy (non-hydrogen) atoms. The number of rotatable bonds is 6. The predicted octanol–water partition coefficient (Wildman–Crippen LogP) is 4.18. The Hall–Kier alpha value is -2.57. The molecule has 1 aromatic heterocycles. The van der Waals surface area contributed by atoms with Gasteiger partial charge < -0.3 is 19.5 Å². The van der Waals surface area contributed by atoms with Crippen LogP contribution in [0.1, 0.15) is 68.3 Å². The lowest BCUT2D eigenvalue weighted by molar-refractivity contribution is 0.173. The van der Waals surface area contributed by atoms with Gasteiger partial charge in [0.05, 0.1) is 6.61 Å². The summed E-state index contributed by atoms with van der Waals surface area (Å²) in [4.78, 5) is 19.2. The molecule has 1 atom stereocenters. The van der Waals surface area contributed by atoms with Gasteiger partial charge in [-0.1, -0.05) is 36.6 Å². The van der Waals surface area contributed by atoms with Crippen molar-refractivity contribution in [1.29, 1.82) is 0 Å². The molecule has 1 saturated carbocycles. The lowest BCUT2D eigenvalue weighted by Gasteiger charge is -2.28. The number of aryl methyl sites for hydroxylation is 1. The fraction of sp³-hybridized carbons (Fsp3) is 0.591. The van der Waals surface area contributed by atoms with E-state index in [4.69, 9.17) is 9.26 Å². The summed E-state index contributed by atoms with van der Waals surface area (Å²) in [5.41, 5.74) is 1.16. The first-order valence-electron chi connectivity index (χ1n) is 10.8. The molecule has 156 valence electrons. The van der Waals surface area contributed by atoms with Gasteiger partial charge >= 0.3 is 6.03 Å². The molecule has 1 aromatic carbocycles. The molecule has 2 amide bonds. The zero-order valence-corrected chi connectivity index (χ0v) is 17.1. The van der Waals surface area contributed by atoms with Gasteiger partial charge in [-0.05, 0) is 50.3 Å². The van der Waals surface area contributed by atoms with Crippen LogP contribution < -0.4 is 10.1 Å². The number of carbonyl (C=O) groups is 1. The second kappa shape index (κ2) is 9.29. The highest BCUT2D eigenvalue weighted by Crippen LogP contribution is 2.31. The molecule has 7 heteroatoms. The SMILES string of the molecule is Cc1cccc(OCCc2noc(C3CCCN3C(=O)NC3CCCCC3)n2)c1. The van der Waals surface area contributed by atoms with Crippen molar-refractivity contribution in [2.24, 2.45) is 0 Å². The van der Waals surface area contributed by atoms with E-state index in [1.807, 2.05) is 36.1 Å². The fourth-order valence-corrected chi connectivity index (χ4v) is 4.24. The number of aromatic nitrogens is 2. The Balaban J connectivity index is 1.31. The number of ether oxygens (including phenoxy) is 1. The van der Waals surface area contributed by atoms with E-state index < -0.39 is 0 Å².